The maximum Gasteiger partial charge on any atom is 0.224 e. The van der Waals surface area contributed by atoms with Crippen molar-refractivity contribution in [1.82, 2.24) is 9.97 Å². The van der Waals surface area contributed by atoms with E-state index in [0.29, 0.717) is 12.3 Å². The first-order valence-corrected chi connectivity index (χ1v) is 10.3. The zero-order valence-corrected chi connectivity index (χ0v) is 16.9. The number of para-hydroxylation sites is 1. The summed E-state index contributed by atoms with van der Waals surface area (Å²) in [6.45, 7) is 7.02. The third kappa shape index (κ3) is 5.68. The number of carbonyl (C=O) groups is 1. The van der Waals surface area contributed by atoms with Crippen molar-refractivity contribution in [2.75, 3.05) is 35.2 Å². The Labute approximate surface area is 167 Å². The van der Waals surface area contributed by atoms with Crippen LogP contribution in [-0.4, -0.2) is 35.5 Å². The van der Waals surface area contributed by atoms with E-state index in [2.05, 4.69) is 32.4 Å². The number of carbonyl (C=O) groups excluding carboxylic acids is 1. The molecule has 1 aromatic heterocycles. The molecule has 150 valence electrons. The molecule has 0 bridgehead atoms. The van der Waals surface area contributed by atoms with E-state index in [9.17, 15) is 4.79 Å². The Balaban J connectivity index is 1.51. The molecule has 1 aliphatic rings. The van der Waals surface area contributed by atoms with Gasteiger partial charge in [0.1, 0.15) is 18.0 Å². The Morgan fingerprint density at radius 1 is 1.29 bits per heavy atom. The van der Waals surface area contributed by atoms with Gasteiger partial charge in [-0.1, -0.05) is 25.1 Å². The first-order valence-electron chi connectivity index (χ1n) is 10.3. The Morgan fingerprint density at radius 3 is 2.96 bits per heavy atom. The molecule has 1 fully saturated rings. The topological polar surface area (TPSA) is 70.2 Å². The molecular weight excluding hydrogens is 350 g/mol. The van der Waals surface area contributed by atoms with Crippen molar-refractivity contribution in [3.05, 3.63) is 42.2 Å². The van der Waals surface area contributed by atoms with E-state index in [1.165, 1.54) is 6.42 Å². The minimum atomic E-state index is 0.0968. The molecule has 0 saturated carbocycles. The quantitative estimate of drug-likeness (QED) is 0.716. The number of hydrogen-bond acceptors (Lipinski definition) is 5. The molecule has 1 atom stereocenters. The zero-order chi connectivity index (χ0) is 19.8. The molecule has 2 aromatic rings. The van der Waals surface area contributed by atoms with Gasteiger partial charge in [-0.2, -0.15) is 0 Å². The number of anilines is 3. The number of aryl methyl sites for hydroxylation is 1. The number of hydrogen-bond donors (Lipinski definition) is 2. The minimum Gasteiger partial charge on any atom is -0.370 e. The lowest BCUT2D eigenvalue weighted by Crippen LogP contribution is -2.36. The van der Waals surface area contributed by atoms with Crippen molar-refractivity contribution in [1.29, 1.82) is 0 Å². The monoisotopic (exact) mass is 381 g/mol. The summed E-state index contributed by atoms with van der Waals surface area (Å²) in [5.41, 5.74) is 2.00. The first kappa shape index (κ1) is 20.1. The summed E-state index contributed by atoms with van der Waals surface area (Å²) in [6, 6.07) is 9.93. The molecule has 0 radical (unpaired) electrons. The van der Waals surface area contributed by atoms with Gasteiger partial charge in [-0.25, -0.2) is 9.97 Å². The molecule has 1 aromatic carbocycles. The van der Waals surface area contributed by atoms with E-state index >= 15 is 0 Å². The zero-order valence-electron chi connectivity index (χ0n) is 16.9. The van der Waals surface area contributed by atoms with Gasteiger partial charge in [0.25, 0.3) is 0 Å². The Kier molecular flexibility index (Phi) is 7.23. The Hall–Kier alpha value is -2.63. The van der Waals surface area contributed by atoms with Crippen LogP contribution in [0.1, 0.15) is 44.6 Å². The van der Waals surface area contributed by atoms with Gasteiger partial charge in [-0.05, 0) is 50.2 Å². The maximum atomic E-state index is 12.4. The fraction of sp³-hybridized carbons (Fsp3) is 0.500. The predicted octanol–water partition coefficient (Wildman–Crippen LogP) is 4.24. The summed E-state index contributed by atoms with van der Waals surface area (Å²) in [5.74, 6) is 2.46. The van der Waals surface area contributed by atoms with Gasteiger partial charge < -0.3 is 15.5 Å². The van der Waals surface area contributed by atoms with Crippen LogP contribution in [0.3, 0.4) is 0 Å². The van der Waals surface area contributed by atoms with Gasteiger partial charge in [0, 0.05) is 37.8 Å². The van der Waals surface area contributed by atoms with Crippen LogP contribution in [0.15, 0.2) is 36.7 Å². The molecule has 1 saturated heterocycles. The van der Waals surface area contributed by atoms with Gasteiger partial charge >= 0.3 is 0 Å². The van der Waals surface area contributed by atoms with Crippen molar-refractivity contribution >= 4 is 23.2 Å². The van der Waals surface area contributed by atoms with Crippen LogP contribution in [0.25, 0.3) is 0 Å². The number of piperidine rings is 1. The Bertz CT molecular complexity index is 779. The van der Waals surface area contributed by atoms with Crippen molar-refractivity contribution in [2.45, 2.75) is 46.0 Å². The second-order valence-electron chi connectivity index (χ2n) is 7.54. The third-order valence-electron chi connectivity index (χ3n) is 5.25. The fourth-order valence-corrected chi connectivity index (χ4v) is 3.64. The highest BCUT2D eigenvalue weighted by molar-refractivity contribution is 5.91. The number of amides is 1. The molecule has 0 unspecified atom stereocenters. The van der Waals surface area contributed by atoms with E-state index in [4.69, 9.17) is 0 Å². The molecule has 2 heterocycles. The van der Waals surface area contributed by atoms with E-state index in [1.54, 1.807) is 6.33 Å². The van der Waals surface area contributed by atoms with Crippen molar-refractivity contribution in [2.24, 2.45) is 5.92 Å². The first-order chi connectivity index (χ1) is 13.7. The molecule has 2 N–H and O–H groups in total. The highest BCUT2D eigenvalue weighted by Crippen LogP contribution is 2.26. The SMILES string of the molecule is CCCNc1cc(N2CCC[C@H](CCC(=O)Nc3ccccc3C)C2)ncn1. The number of rotatable bonds is 8. The van der Waals surface area contributed by atoms with Crippen molar-refractivity contribution in [3.8, 4) is 0 Å². The van der Waals surface area contributed by atoms with Crippen molar-refractivity contribution in [3.63, 3.8) is 0 Å². The van der Waals surface area contributed by atoms with E-state index in [0.717, 1.165) is 61.8 Å². The predicted molar refractivity (Wildman–Crippen MR) is 115 cm³/mol. The largest absolute Gasteiger partial charge is 0.370 e. The molecule has 3 rings (SSSR count). The molecule has 1 aliphatic heterocycles. The van der Waals surface area contributed by atoms with E-state index in [-0.39, 0.29) is 5.91 Å². The normalized spacial score (nSPS) is 16.6. The lowest BCUT2D eigenvalue weighted by Gasteiger charge is -2.33. The van der Waals surface area contributed by atoms with Crippen LogP contribution in [0.2, 0.25) is 0 Å². The molecule has 6 heteroatoms. The number of nitrogens with zero attached hydrogens (tertiary/aromatic N) is 3. The summed E-state index contributed by atoms with van der Waals surface area (Å²) >= 11 is 0. The second kappa shape index (κ2) is 10.1. The van der Waals surface area contributed by atoms with E-state index in [1.807, 2.05) is 37.3 Å². The van der Waals surface area contributed by atoms with Crippen LogP contribution in [0, 0.1) is 12.8 Å². The maximum absolute atomic E-state index is 12.4. The average molecular weight is 382 g/mol. The summed E-state index contributed by atoms with van der Waals surface area (Å²) in [7, 11) is 0. The molecule has 0 aliphatic carbocycles. The van der Waals surface area contributed by atoms with Crippen LogP contribution in [-0.2, 0) is 4.79 Å². The molecule has 6 nitrogen and oxygen atoms in total. The van der Waals surface area contributed by atoms with Gasteiger partial charge in [0.15, 0.2) is 0 Å². The minimum absolute atomic E-state index is 0.0968. The fourth-order valence-electron chi connectivity index (χ4n) is 3.64. The number of nitrogens with one attached hydrogen (secondary N) is 2. The molecule has 1 amide bonds. The van der Waals surface area contributed by atoms with Gasteiger partial charge in [-0.15, -0.1) is 0 Å². The second-order valence-corrected chi connectivity index (χ2v) is 7.54. The highest BCUT2D eigenvalue weighted by Gasteiger charge is 2.22. The summed E-state index contributed by atoms with van der Waals surface area (Å²) in [4.78, 5) is 23.4. The number of aromatic nitrogens is 2. The van der Waals surface area contributed by atoms with Crippen molar-refractivity contribution < 1.29 is 4.79 Å². The third-order valence-corrected chi connectivity index (χ3v) is 5.25. The van der Waals surface area contributed by atoms with Crippen LogP contribution in [0.5, 0.6) is 0 Å². The lowest BCUT2D eigenvalue weighted by atomic mass is 9.93. The van der Waals surface area contributed by atoms with E-state index < -0.39 is 0 Å². The molecule has 0 spiro atoms. The summed E-state index contributed by atoms with van der Waals surface area (Å²) in [5, 5.41) is 6.36. The van der Waals surface area contributed by atoms with Crippen LogP contribution >= 0.6 is 0 Å². The smallest absolute Gasteiger partial charge is 0.224 e. The summed E-state index contributed by atoms with van der Waals surface area (Å²) < 4.78 is 0. The van der Waals surface area contributed by atoms with Gasteiger partial charge in [0.05, 0.1) is 0 Å². The summed E-state index contributed by atoms with van der Waals surface area (Å²) in [6.07, 6.45) is 6.45. The van der Waals surface area contributed by atoms with Gasteiger partial charge in [0.2, 0.25) is 5.91 Å². The standard InChI is InChI=1S/C22H31N5O/c1-3-12-23-20-14-21(25-16-24-20)27-13-6-8-18(15-27)10-11-22(28)26-19-9-5-4-7-17(19)2/h4-5,7,9,14,16,18H,3,6,8,10-13,15H2,1-2H3,(H,26,28)(H,23,24,25)/t18-/m1/s1. The average Bonchev–Trinajstić information content (AvgIpc) is 2.73. The van der Waals surface area contributed by atoms with Crippen LogP contribution in [0.4, 0.5) is 17.3 Å². The van der Waals surface area contributed by atoms with Crippen LogP contribution < -0.4 is 15.5 Å². The Morgan fingerprint density at radius 2 is 2.14 bits per heavy atom. The number of benzene rings is 1. The lowest BCUT2D eigenvalue weighted by molar-refractivity contribution is -0.116. The molecular formula is C22H31N5O. The highest BCUT2D eigenvalue weighted by atomic mass is 16.1. The molecule has 28 heavy (non-hydrogen) atoms. The van der Waals surface area contributed by atoms with Gasteiger partial charge in [-0.3, -0.25) is 4.79 Å².